The molecular weight excluding hydrogens is 899 g/mol. The fourth-order valence-corrected chi connectivity index (χ4v) is 14.1. The topological polar surface area (TPSA) is 342 Å². The summed E-state index contributed by atoms with van der Waals surface area (Å²) in [7, 11) is 0. The predicted octanol–water partition coefficient (Wildman–Crippen LogP) is 2.26. The second-order valence-electron chi connectivity index (χ2n) is 22.2. The molecule has 5 unspecified atom stereocenters. The predicted molar refractivity (Wildman–Crippen MR) is 236 cm³/mol. The van der Waals surface area contributed by atoms with Crippen LogP contribution in [0.5, 0.6) is 0 Å². The number of hydrogen-bond donors (Lipinski definition) is 11. The number of aromatic nitrogens is 2. The molecule has 12 N–H and O–H groups in total. The fraction of sp³-hybridized carbons (Fsp3) is 0.783. The monoisotopic (exact) mass is 965 g/mol. The Morgan fingerprint density at radius 2 is 1.34 bits per heavy atom. The molecule has 0 spiro atoms. The summed E-state index contributed by atoms with van der Waals surface area (Å²) in [5, 5.41) is 83.0. The smallest absolute Gasteiger partial charge is 0.335 e. The number of rotatable bonds is 7. The van der Waals surface area contributed by atoms with Crippen LogP contribution < -0.4 is 11.3 Å². The first-order chi connectivity index (χ1) is 31.0. The van der Waals surface area contributed by atoms with Crippen LogP contribution in [0.4, 0.5) is 5.82 Å². The van der Waals surface area contributed by atoms with Crippen LogP contribution in [-0.4, -0.2) is 142 Å². The van der Waals surface area contributed by atoms with Gasteiger partial charge in [0.25, 0.3) is 5.56 Å². The fourth-order valence-electron chi connectivity index (χ4n) is 13.9. The zero-order valence-corrected chi connectivity index (χ0v) is 39.7. The van der Waals surface area contributed by atoms with E-state index in [0.717, 1.165) is 37.7 Å². The van der Waals surface area contributed by atoms with Gasteiger partial charge in [0.15, 0.2) is 35.3 Å². The number of carboxylic acids is 3. The van der Waals surface area contributed by atoms with Crippen LogP contribution in [0.25, 0.3) is 0 Å². The number of aliphatic carboxylic acids is 3. The standard InChI is InChI=1S/C42H62O16.C4H5N3OS/c1-37(2)21-8-11-42(7)31(20(43)16-18-19-17-39(4,36(53)54)13-12-38(19,3)14-15-41(18,42)6)40(21,5)10-9-22(37)55-35-30(26(47)25(46)29(57-35)33(51)52)58-34-27(48)23(44)24(45)28(56-34)32(49)50;5-2-1-3(8)7-4(9)6-2/h16,19,21-31,34-35,44-48H,8-15,17H2,1-7H3,(H,49,50)(H,51,52)(H,53,54);1H,(H4,5,6,7,8,9)/t19?,21-,22?,23-,24-,25-,26-,27+,28-,29-,30+,31+,34-,35-,38?,39-,40?,41+,42?;/m0./s1. The molecule has 1 aromatic heterocycles. The molecule has 0 bridgehead atoms. The number of H-pyrrole nitrogens is 2. The minimum Gasteiger partial charge on any atom is -0.481 e. The third-order valence-electron chi connectivity index (χ3n) is 18.0. The number of anilines is 1. The molecule has 0 amide bonds. The van der Waals surface area contributed by atoms with Crippen molar-refractivity contribution in [2.75, 3.05) is 5.73 Å². The Kier molecular flexibility index (Phi) is 13.5. The van der Waals surface area contributed by atoms with Crippen molar-refractivity contribution in [1.82, 2.24) is 9.97 Å². The summed E-state index contributed by atoms with van der Waals surface area (Å²) in [5.74, 6) is -4.19. The van der Waals surface area contributed by atoms with E-state index in [-0.39, 0.29) is 50.5 Å². The van der Waals surface area contributed by atoms with Crippen molar-refractivity contribution in [3.05, 3.63) is 32.8 Å². The van der Waals surface area contributed by atoms with Crippen LogP contribution in [0.2, 0.25) is 0 Å². The Labute approximate surface area is 392 Å². The highest BCUT2D eigenvalue weighted by Crippen LogP contribution is 2.75. The van der Waals surface area contributed by atoms with Gasteiger partial charge >= 0.3 is 17.9 Å². The van der Waals surface area contributed by atoms with Crippen molar-refractivity contribution < 1.29 is 79.0 Å². The summed E-state index contributed by atoms with van der Waals surface area (Å²) < 4.78 is 23.6. The molecule has 19 atom stereocenters. The number of hydrogen-bond acceptors (Lipinski definition) is 16. The van der Waals surface area contributed by atoms with Crippen LogP contribution >= 0.6 is 12.2 Å². The van der Waals surface area contributed by atoms with Crippen molar-refractivity contribution >= 4 is 41.7 Å². The van der Waals surface area contributed by atoms with E-state index in [1.54, 1.807) is 0 Å². The SMILES string of the molecule is CC12CC[C@](C)(C(=O)O)CC1C1=CC(=O)[C@@H]3C4(C)CCC(O[C@H]5O[C@H](C(=O)O)[C@@H](O)[C@H](O)[C@H]5O[C@@H]5O[C@H](C(=O)O)[C@@H](O)[C@H](O)[C@H]5O)C(C)(C)[C@@H]4CCC3(C)[C@]1(C)CC2.Nc1cc(=O)[nH]c(=S)[nH]1. The second-order valence-corrected chi connectivity index (χ2v) is 22.6. The van der Waals surface area contributed by atoms with Crippen LogP contribution in [-0.2, 0) is 38.1 Å². The maximum Gasteiger partial charge on any atom is 0.335 e. The number of nitrogens with one attached hydrogen (secondary N) is 2. The highest BCUT2D eigenvalue weighted by molar-refractivity contribution is 7.71. The van der Waals surface area contributed by atoms with E-state index in [2.05, 4.69) is 49.9 Å². The molecule has 6 fully saturated rings. The van der Waals surface area contributed by atoms with E-state index in [9.17, 15) is 64.8 Å². The third kappa shape index (κ3) is 8.41. The number of carboxylic acid groups (broad SMARTS) is 3. The lowest BCUT2D eigenvalue weighted by atomic mass is 9.33. The van der Waals surface area contributed by atoms with Crippen molar-refractivity contribution in [1.29, 1.82) is 0 Å². The molecule has 4 saturated carbocycles. The first-order valence-electron chi connectivity index (χ1n) is 23.0. The molecule has 3 heterocycles. The number of nitrogen functional groups attached to an aromatic ring is 1. The first-order valence-corrected chi connectivity index (χ1v) is 23.4. The van der Waals surface area contributed by atoms with E-state index >= 15 is 0 Å². The number of ketones is 1. The number of aromatic amines is 2. The average Bonchev–Trinajstić information content (AvgIpc) is 3.22. The highest BCUT2D eigenvalue weighted by Gasteiger charge is 2.71. The summed E-state index contributed by atoms with van der Waals surface area (Å²) in [4.78, 5) is 66.7. The lowest BCUT2D eigenvalue weighted by Gasteiger charge is -2.70. The van der Waals surface area contributed by atoms with E-state index in [4.69, 9.17) is 24.7 Å². The van der Waals surface area contributed by atoms with Gasteiger partial charge in [-0.3, -0.25) is 19.4 Å². The molecule has 20 nitrogen and oxygen atoms in total. The van der Waals surface area contributed by atoms with Crippen LogP contribution in [0.15, 0.2) is 22.5 Å². The number of nitrogens with two attached hydrogens (primary N) is 1. The van der Waals surface area contributed by atoms with E-state index < -0.39 is 107 Å². The minimum atomic E-state index is -2.05. The van der Waals surface area contributed by atoms with Crippen molar-refractivity contribution in [3.8, 4) is 0 Å². The third-order valence-corrected chi connectivity index (χ3v) is 18.2. The van der Waals surface area contributed by atoms with Gasteiger partial charge in [-0.2, -0.15) is 0 Å². The first kappa shape index (κ1) is 51.2. The lowest BCUT2D eigenvalue weighted by Crippen LogP contribution is -2.68. The van der Waals surface area contributed by atoms with Gasteiger partial charge in [0.1, 0.15) is 42.4 Å². The number of carbonyl (C=O) groups is 4. The Balaban J connectivity index is 0.000000663. The maximum absolute atomic E-state index is 14.8. The van der Waals surface area contributed by atoms with Gasteiger partial charge in [0.2, 0.25) is 0 Å². The number of allylic oxidation sites excluding steroid dienone is 2. The molecule has 0 aromatic carbocycles. The summed E-state index contributed by atoms with van der Waals surface area (Å²) >= 11 is 4.60. The zero-order chi connectivity index (χ0) is 49.7. The Hall–Kier alpha value is -3.64. The van der Waals surface area contributed by atoms with Gasteiger partial charge in [-0.1, -0.05) is 47.1 Å². The number of ether oxygens (including phenoxy) is 4. The van der Waals surface area contributed by atoms with E-state index in [1.807, 2.05) is 26.8 Å². The largest absolute Gasteiger partial charge is 0.481 e. The van der Waals surface area contributed by atoms with Crippen LogP contribution in [0, 0.1) is 55.0 Å². The van der Waals surface area contributed by atoms with Crippen molar-refractivity contribution in [3.63, 3.8) is 0 Å². The van der Waals surface area contributed by atoms with E-state index in [0.29, 0.717) is 25.7 Å². The molecule has 2 saturated heterocycles. The lowest BCUT2D eigenvalue weighted by molar-refractivity contribution is -0.371. The molecule has 8 rings (SSSR count). The molecule has 5 aliphatic carbocycles. The highest BCUT2D eigenvalue weighted by atomic mass is 32.1. The second kappa shape index (κ2) is 17.6. The van der Waals surface area contributed by atoms with E-state index in [1.165, 1.54) is 6.07 Å². The van der Waals surface area contributed by atoms with Crippen LogP contribution in [0.3, 0.4) is 0 Å². The quantitative estimate of drug-likeness (QED) is 0.138. The van der Waals surface area contributed by atoms with Gasteiger partial charge in [0.05, 0.1) is 11.5 Å². The van der Waals surface area contributed by atoms with Gasteiger partial charge in [0, 0.05) is 12.0 Å². The molecule has 7 aliphatic rings. The number of aliphatic hydroxyl groups excluding tert-OH is 5. The Morgan fingerprint density at radius 1 is 0.746 bits per heavy atom. The average molecular weight is 966 g/mol. The Bertz CT molecular complexity index is 2260. The molecule has 21 heteroatoms. The summed E-state index contributed by atoms with van der Waals surface area (Å²) in [6.45, 7) is 14.8. The molecule has 374 valence electrons. The molecule has 2 aliphatic heterocycles. The van der Waals surface area contributed by atoms with Gasteiger partial charge in [-0.05, 0) is 122 Å². The summed E-state index contributed by atoms with van der Waals surface area (Å²) in [6.07, 6.45) is -12.2. The van der Waals surface area contributed by atoms with Gasteiger partial charge in [-0.15, -0.1) is 0 Å². The normalized spacial score (nSPS) is 46.7. The minimum absolute atomic E-state index is 0.0217. The molecule has 67 heavy (non-hydrogen) atoms. The van der Waals surface area contributed by atoms with Crippen LogP contribution in [0.1, 0.15) is 106 Å². The Morgan fingerprint density at radius 3 is 1.93 bits per heavy atom. The molecule has 0 radical (unpaired) electrons. The summed E-state index contributed by atoms with van der Waals surface area (Å²) in [5.41, 5.74) is 3.13. The molecule has 1 aromatic rings. The summed E-state index contributed by atoms with van der Waals surface area (Å²) in [6, 6.07) is 1.23. The molecular formula is C46H67N3O17S. The number of aliphatic hydroxyl groups is 5. The van der Waals surface area contributed by atoms with Crippen molar-refractivity contribution in [2.45, 2.75) is 174 Å². The number of fused-ring (bicyclic) bond motifs is 7. The zero-order valence-electron chi connectivity index (χ0n) is 38.8. The maximum atomic E-state index is 14.8. The van der Waals surface area contributed by atoms with Gasteiger partial charge in [-0.25, -0.2) is 9.59 Å². The van der Waals surface area contributed by atoms with Crippen molar-refractivity contribution in [2.24, 2.45) is 50.2 Å². The number of carbonyl (C=O) groups excluding carboxylic acids is 1. The van der Waals surface area contributed by atoms with Gasteiger partial charge < -0.3 is 70.5 Å².